The number of carbonyl (C=O) groups excluding carboxylic acids is 1. The number of hydrogen-bond acceptors (Lipinski definition) is 2. The number of rotatable bonds is 1. The fourth-order valence-electron chi connectivity index (χ4n) is 0.904. The molecule has 0 aromatic heterocycles. The van der Waals surface area contributed by atoms with Crippen LogP contribution in [0, 0.1) is 17.1 Å². The first kappa shape index (κ1) is 9.69. The molecule has 2 nitrogen and oxygen atoms in total. The van der Waals surface area contributed by atoms with Crippen LogP contribution in [0.5, 0.6) is 0 Å². The summed E-state index contributed by atoms with van der Waals surface area (Å²) in [5.74, 6) is -1.12. The first-order valence-electron chi connectivity index (χ1n) is 3.46. The van der Waals surface area contributed by atoms with Crippen LogP contribution in [0.1, 0.15) is 22.8 Å². The molecule has 66 valence electrons. The molecule has 0 atom stereocenters. The number of nitriles is 1. The summed E-state index contributed by atoms with van der Waals surface area (Å²) in [6, 6.07) is 3.89. The standard InChI is InChI=1S/C9H5ClFNO/c1-5(13)7-2-6(4-12)8(10)3-9(7)11/h2-3H,1H3. The summed E-state index contributed by atoms with van der Waals surface area (Å²) in [5.41, 5.74) is -0.00535. The quantitative estimate of drug-likeness (QED) is 0.650. The number of ketones is 1. The van der Waals surface area contributed by atoms with Gasteiger partial charge in [0.2, 0.25) is 0 Å². The van der Waals surface area contributed by atoms with E-state index in [1.54, 1.807) is 6.07 Å². The Morgan fingerprint density at radius 1 is 1.62 bits per heavy atom. The summed E-state index contributed by atoms with van der Waals surface area (Å²) in [6.07, 6.45) is 0. The van der Waals surface area contributed by atoms with Gasteiger partial charge in [0.05, 0.1) is 16.1 Å². The second kappa shape index (κ2) is 3.55. The minimum Gasteiger partial charge on any atom is -0.294 e. The molecule has 0 unspecified atom stereocenters. The monoisotopic (exact) mass is 197 g/mol. The molecule has 1 rings (SSSR count). The van der Waals surface area contributed by atoms with Gasteiger partial charge >= 0.3 is 0 Å². The molecule has 0 saturated heterocycles. The van der Waals surface area contributed by atoms with Crippen molar-refractivity contribution in [3.63, 3.8) is 0 Å². The molecule has 0 saturated carbocycles. The minimum atomic E-state index is -0.698. The third kappa shape index (κ3) is 1.85. The minimum absolute atomic E-state index is 0.0185. The average molecular weight is 198 g/mol. The number of nitrogens with zero attached hydrogens (tertiary/aromatic N) is 1. The van der Waals surface area contributed by atoms with Crippen molar-refractivity contribution >= 4 is 17.4 Å². The maximum Gasteiger partial charge on any atom is 0.162 e. The van der Waals surface area contributed by atoms with Gasteiger partial charge in [0.15, 0.2) is 5.78 Å². The Hall–Kier alpha value is -1.40. The predicted octanol–water partition coefficient (Wildman–Crippen LogP) is 2.55. The number of hydrogen-bond donors (Lipinski definition) is 0. The maximum absolute atomic E-state index is 13.0. The average Bonchev–Trinajstić information content (AvgIpc) is 2.03. The van der Waals surface area contributed by atoms with Gasteiger partial charge in [-0.2, -0.15) is 5.26 Å². The molecule has 0 aliphatic carbocycles. The van der Waals surface area contributed by atoms with Gasteiger partial charge in [-0.25, -0.2) is 4.39 Å². The lowest BCUT2D eigenvalue weighted by Gasteiger charge is -2.00. The fraction of sp³-hybridized carbons (Fsp3) is 0.111. The molecule has 0 spiro atoms. The third-order valence-corrected chi connectivity index (χ3v) is 1.87. The highest BCUT2D eigenvalue weighted by Gasteiger charge is 2.11. The van der Waals surface area contributed by atoms with E-state index in [9.17, 15) is 9.18 Å². The summed E-state index contributed by atoms with van der Waals surface area (Å²) >= 11 is 5.53. The largest absolute Gasteiger partial charge is 0.294 e. The molecule has 0 amide bonds. The second-order valence-corrected chi connectivity index (χ2v) is 2.89. The van der Waals surface area contributed by atoms with Crippen molar-refractivity contribution in [1.82, 2.24) is 0 Å². The van der Waals surface area contributed by atoms with Crippen LogP contribution in [0.2, 0.25) is 5.02 Å². The van der Waals surface area contributed by atoms with Crippen molar-refractivity contribution in [2.24, 2.45) is 0 Å². The molecule has 0 aliphatic heterocycles. The molecule has 1 aromatic carbocycles. The summed E-state index contributed by atoms with van der Waals surface area (Å²) in [5, 5.41) is 8.57. The van der Waals surface area contributed by atoms with E-state index in [2.05, 4.69) is 0 Å². The van der Waals surface area contributed by atoms with E-state index in [0.29, 0.717) is 0 Å². The fourth-order valence-corrected chi connectivity index (χ4v) is 1.10. The zero-order chi connectivity index (χ0) is 10.0. The van der Waals surface area contributed by atoms with Gasteiger partial charge in [0.25, 0.3) is 0 Å². The highest BCUT2D eigenvalue weighted by atomic mass is 35.5. The lowest BCUT2D eigenvalue weighted by Crippen LogP contribution is -1.98. The smallest absolute Gasteiger partial charge is 0.162 e. The van der Waals surface area contributed by atoms with Crippen LogP contribution in [0.3, 0.4) is 0 Å². The Balaban J connectivity index is 3.41. The maximum atomic E-state index is 13.0. The Labute approximate surface area is 79.5 Å². The normalized spacial score (nSPS) is 9.38. The Bertz CT molecular complexity index is 409. The highest BCUT2D eigenvalue weighted by molar-refractivity contribution is 6.31. The number of halogens is 2. The molecule has 0 fully saturated rings. The van der Waals surface area contributed by atoms with E-state index in [4.69, 9.17) is 16.9 Å². The number of carbonyl (C=O) groups is 1. The van der Waals surface area contributed by atoms with Gasteiger partial charge in [-0.3, -0.25) is 4.79 Å². The summed E-state index contributed by atoms with van der Waals surface area (Å²) in [4.78, 5) is 10.9. The molecule has 0 heterocycles. The van der Waals surface area contributed by atoms with E-state index in [0.717, 1.165) is 12.1 Å². The molecule has 0 bridgehead atoms. The van der Waals surface area contributed by atoms with Crippen LogP contribution >= 0.6 is 11.6 Å². The molecule has 0 aliphatic rings. The van der Waals surface area contributed by atoms with E-state index >= 15 is 0 Å². The summed E-state index contributed by atoms with van der Waals surface area (Å²) < 4.78 is 13.0. The van der Waals surface area contributed by atoms with Gasteiger partial charge in [-0.15, -0.1) is 0 Å². The van der Waals surface area contributed by atoms with Crippen LogP contribution in [0.4, 0.5) is 4.39 Å². The van der Waals surface area contributed by atoms with Gasteiger partial charge < -0.3 is 0 Å². The Morgan fingerprint density at radius 3 is 2.69 bits per heavy atom. The lowest BCUT2D eigenvalue weighted by atomic mass is 10.1. The van der Waals surface area contributed by atoms with E-state index < -0.39 is 11.6 Å². The summed E-state index contributed by atoms with van der Waals surface area (Å²) in [7, 11) is 0. The van der Waals surface area contributed by atoms with Crippen molar-refractivity contribution in [1.29, 1.82) is 5.26 Å². The van der Waals surface area contributed by atoms with Crippen molar-refractivity contribution < 1.29 is 9.18 Å². The predicted molar refractivity (Wildman–Crippen MR) is 46.1 cm³/mol. The first-order chi connectivity index (χ1) is 6.06. The van der Waals surface area contributed by atoms with Crippen LogP contribution in [0.15, 0.2) is 12.1 Å². The van der Waals surface area contributed by atoms with Crippen LogP contribution in [0.25, 0.3) is 0 Å². The van der Waals surface area contributed by atoms with Crippen molar-refractivity contribution in [3.8, 4) is 6.07 Å². The van der Waals surface area contributed by atoms with E-state index in [1.165, 1.54) is 6.92 Å². The highest BCUT2D eigenvalue weighted by Crippen LogP contribution is 2.20. The van der Waals surface area contributed by atoms with E-state index in [1.807, 2.05) is 0 Å². The van der Waals surface area contributed by atoms with Gasteiger partial charge in [-0.05, 0) is 19.1 Å². The number of Topliss-reactive ketones (excluding diaryl/α,β-unsaturated/α-hetero) is 1. The second-order valence-electron chi connectivity index (χ2n) is 2.48. The van der Waals surface area contributed by atoms with Crippen LogP contribution < -0.4 is 0 Å². The Morgan fingerprint density at radius 2 is 2.23 bits per heavy atom. The van der Waals surface area contributed by atoms with E-state index in [-0.39, 0.29) is 16.1 Å². The first-order valence-corrected chi connectivity index (χ1v) is 3.84. The van der Waals surface area contributed by atoms with Crippen molar-refractivity contribution in [2.75, 3.05) is 0 Å². The zero-order valence-electron chi connectivity index (χ0n) is 6.77. The topological polar surface area (TPSA) is 40.9 Å². The van der Waals surface area contributed by atoms with Gasteiger partial charge in [0, 0.05) is 0 Å². The van der Waals surface area contributed by atoms with Gasteiger partial charge in [0.1, 0.15) is 11.9 Å². The molecule has 1 aromatic rings. The van der Waals surface area contributed by atoms with Crippen molar-refractivity contribution in [3.05, 3.63) is 34.1 Å². The third-order valence-electron chi connectivity index (χ3n) is 1.56. The van der Waals surface area contributed by atoms with Crippen molar-refractivity contribution in [2.45, 2.75) is 6.92 Å². The molecule has 4 heteroatoms. The van der Waals surface area contributed by atoms with Crippen LogP contribution in [-0.2, 0) is 0 Å². The molecule has 0 N–H and O–H groups in total. The van der Waals surface area contributed by atoms with Gasteiger partial charge in [-0.1, -0.05) is 11.6 Å². The molecular weight excluding hydrogens is 193 g/mol. The summed E-state index contributed by atoms with van der Waals surface area (Å²) in [6.45, 7) is 1.23. The molecule has 13 heavy (non-hydrogen) atoms. The molecule has 0 radical (unpaired) electrons. The lowest BCUT2D eigenvalue weighted by molar-refractivity contribution is 0.101. The zero-order valence-corrected chi connectivity index (χ0v) is 7.52. The molecular formula is C9H5ClFNO. The van der Waals surface area contributed by atoms with Crippen LogP contribution in [-0.4, -0.2) is 5.78 Å². The number of benzene rings is 1. The SMILES string of the molecule is CC(=O)c1cc(C#N)c(Cl)cc1F. The Kier molecular flexibility index (Phi) is 2.64.